The van der Waals surface area contributed by atoms with Crippen molar-refractivity contribution in [3.8, 4) is 0 Å². The molecule has 5 nitrogen and oxygen atoms in total. The monoisotopic (exact) mass is 426 g/mol. The van der Waals surface area contributed by atoms with Crippen molar-refractivity contribution in [2.45, 2.75) is 37.4 Å². The van der Waals surface area contributed by atoms with Gasteiger partial charge in [-0.15, -0.1) is 0 Å². The molecule has 0 radical (unpaired) electrons. The SMILES string of the molecule is O=C(C1CCOCC1)N1C[C@H]2[C@H](c3ccccc31)[C@@H](CO)N2Cc1ccc(Cl)cc1. The van der Waals surface area contributed by atoms with Gasteiger partial charge in [-0.3, -0.25) is 9.69 Å². The fourth-order valence-corrected chi connectivity index (χ4v) is 5.50. The zero-order valence-corrected chi connectivity index (χ0v) is 17.7. The number of nitrogens with zero attached hydrogens (tertiary/aromatic N) is 2. The molecule has 5 rings (SSSR count). The van der Waals surface area contributed by atoms with E-state index in [1.807, 2.05) is 41.3 Å². The predicted octanol–water partition coefficient (Wildman–Crippen LogP) is 3.44. The van der Waals surface area contributed by atoms with Crippen LogP contribution in [-0.4, -0.2) is 54.4 Å². The maximum Gasteiger partial charge on any atom is 0.230 e. The van der Waals surface area contributed by atoms with Gasteiger partial charge in [0.2, 0.25) is 5.91 Å². The number of hydrogen-bond acceptors (Lipinski definition) is 4. The number of benzene rings is 2. The third kappa shape index (κ3) is 3.44. The van der Waals surface area contributed by atoms with Crippen LogP contribution in [-0.2, 0) is 16.1 Å². The van der Waals surface area contributed by atoms with Gasteiger partial charge in [-0.1, -0.05) is 41.9 Å². The maximum atomic E-state index is 13.4. The smallest absolute Gasteiger partial charge is 0.230 e. The number of rotatable bonds is 4. The first-order chi connectivity index (χ1) is 14.7. The Hall–Kier alpha value is -1.92. The summed E-state index contributed by atoms with van der Waals surface area (Å²) in [6.45, 7) is 2.84. The number of anilines is 1. The van der Waals surface area contributed by atoms with Crippen LogP contribution in [0.1, 0.15) is 29.9 Å². The Morgan fingerprint density at radius 2 is 1.83 bits per heavy atom. The number of fused-ring (bicyclic) bond motifs is 3. The quantitative estimate of drug-likeness (QED) is 0.813. The Kier molecular flexibility index (Phi) is 5.54. The molecule has 0 spiro atoms. The van der Waals surface area contributed by atoms with E-state index in [0.29, 0.717) is 19.8 Å². The highest BCUT2D eigenvalue weighted by Gasteiger charge is 2.53. The van der Waals surface area contributed by atoms with E-state index < -0.39 is 0 Å². The lowest BCUT2D eigenvalue weighted by molar-refractivity contribution is -0.126. The number of halogens is 1. The van der Waals surface area contributed by atoms with E-state index in [2.05, 4.69) is 17.0 Å². The van der Waals surface area contributed by atoms with E-state index in [1.165, 1.54) is 5.56 Å². The molecular formula is C24H27ClN2O3. The summed E-state index contributed by atoms with van der Waals surface area (Å²) >= 11 is 6.04. The minimum Gasteiger partial charge on any atom is -0.395 e. The van der Waals surface area contributed by atoms with Crippen molar-refractivity contribution >= 4 is 23.2 Å². The van der Waals surface area contributed by atoms with Crippen molar-refractivity contribution in [3.63, 3.8) is 0 Å². The number of carbonyl (C=O) groups is 1. The van der Waals surface area contributed by atoms with Crippen molar-refractivity contribution < 1.29 is 14.6 Å². The van der Waals surface area contributed by atoms with Crippen molar-refractivity contribution in [2.24, 2.45) is 5.92 Å². The zero-order chi connectivity index (χ0) is 20.7. The Morgan fingerprint density at radius 1 is 1.10 bits per heavy atom. The van der Waals surface area contributed by atoms with Gasteiger partial charge in [0.25, 0.3) is 0 Å². The van der Waals surface area contributed by atoms with Crippen LogP contribution in [0.25, 0.3) is 0 Å². The predicted molar refractivity (Wildman–Crippen MR) is 117 cm³/mol. The summed E-state index contributed by atoms with van der Waals surface area (Å²) in [6, 6.07) is 16.4. The summed E-state index contributed by atoms with van der Waals surface area (Å²) in [5, 5.41) is 10.9. The fraction of sp³-hybridized carbons (Fsp3) is 0.458. The van der Waals surface area contributed by atoms with Crippen LogP contribution in [0.4, 0.5) is 5.69 Å². The Balaban J connectivity index is 1.44. The summed E-state index contributed by atoms with van der Waals surface area (Å²) in [5.41, 5.74) is 3.36. The topological polar surface area (TPSA) is 53.0 Å². The van der Waals surface area contributed by atoms with E-state index in [9.17, 15) is 9.90 Å². The van der Waals surface area contributed by atoms with Crippen molar-refractivity contribution in [1.29, 1.82) is 0 Å². The third-order valence-corrected chi connectivity index (χ3v) is 7.19. The van der Waals surface area contributed by atoms with E-state index >= 15 is 0 Å². The molecule has 30 heavy (non-hydrogen) atoms. The van der Waals surface area contributed by atoms with E-state index in [-0.39, 0.29) is 36.4 Å². The first-order valence-electron chi connectivity index (χ1n) is 10.8. The average molecular weight is 427 g/mol. The van der Waals surface area contributed by atoms with Crippen LogP contribution < -0.4 is 4.90 Å². The molecule has 2 saturated heterocycles. The van der Waals surface area contributed by atoms with Crippen LogP contribution in [0, 0.1) is 5.92 Å². The lowest BCUT2D eigenvalue weighted by atomic mass is 9.71. The Bertz CT molecular complexity index is 913. The normalized spacial score (nSPS) is 26.6. The summed E-state index contributed by atoms with van der Waals surface area (Å²) in [4.78, 5) is 17.8. The molecule has 0 aliphatic carbocycles. The molecule has 3 aliphatic rings. The van der Waals surface area contributed by atoms with Crippen LogP contribution in [0.3, 0.4) is 0 Å². The van der Waals surface area contributed by atoms with E-state index in [4.69, 9.17) is 16.3 Å². The number of para-hydroxylation sites is 1. The number of hydrogen-bond donors (Lipinski definition) is 1. The molecule has 0 saturated carbocycles. The molecule has 3 atom stereocenters. The molecule has 0 bridgehead atoms. The number of likely N-dealkylation sites (tertiary alicyclic amines) is 1. The summed E-state index contributed by atoms with van der Waals surface area (Å²) in [5.74, 6) is 0.488. The molecule has 3 aliphatic heterocycles. The van der Waals surface area contributed by atoms with Crippen molar-refractivity contribution in [1.82, 2.24) is 4.90 Å². The van der Waals surface area contributed by atoms with Crippen LogP contribution in [0.2, 0.25) is 5.02 Å². The molecule has 0 unspecified atom stereocenters. The number of aliphatic hydroxyl groups is 1. The fourth-order valence-electron chi connectivity index (χ4n) is 5.37. The first-order valence-corrected chi connectivity index (χ1v) is 11.1. The molecule has 158 valence electrons. The van der Waals surface area contributed by atoms with Gasteiger partial charge in [-0.2, -0.15) is 0 Å². The van der Waals surface area contributed by atoms with Crippen molar-refractivity contribution in [3.05, 3.63) is 64.7 Å². The second kappa shape index (κ2) is 8.31. The maximum absolute atomic E-state index is 13.4. The molecule has 2 aromatic rings. The van der Waals surface area contributed by atoms with Crippen LogP contribution in [0.15, 0.2) is 48.5 Å². The van der Waals surface area contributed by atoms with Crippen LogP contribution in [0.5, 0.6) is 0 Å². The number of aliphatic hydroxyl groups excluding tert-OH is 1. The van der Waals surface area contributed by atoms with Gasteiger partial charge >= 0.3 is 0 Å². The van der Waals surface area contributed by atoms with Gasteiger partial charge in [-0.05, 0) is 42.2 Å². The molecule has 2 fully saturated rings. The molecule has 6 heteroatoms. The second-order valence-electron chi connectivity index (χ2n) is 8.54. The molecular weight excluding hydrogens is 400 g/mol. The van der Waals surface area contributed by atoms with Crippen molar-refractivity contribution in [2.75, 3.05) is 31.3 Å². The highest BCUT2D eigenvalue weighted by Crippen LogP contribution is 2.49. The van der Waals surface area contributed by atoms with Gasteiger partial charge in [0.15, 0.2) is 0 Å². The van der Waals surface area contributed by atoms with E-state index in [1.54, 1.807) is 0 Å². The molecule has 1 amide bonds. The number of amides is 1. The Labute approximate surface area is 182 Å². The molecule has 3 heterocycles. The van der Waals surface area contributed by atoms with Gasteiger partial charge in [-0.25, -0.2) is 0 Å². The van der Waals surface area contributed by atoms with Gasteiger partial charge in [0, 0.05) is 60.9 Å². The lowest BCUT2D eigenvalue weighted by Gasteiger charge is -2.59. The summed E-state index contributed by atoms with van der Waals surface area (Å²) in [7, 11) is 0. The van der Waals surface area contributed by atoms with E-state index in [0.717, 1.165) is 35.7 Å². The summed E-state index contributed by atoms with van der Waals surface area (Å²) in [6.07, 6.45) is 1.58. The highest BCUT2D eigenvalue weighted by molar-refractivity contribution is 6.30. The van der Waals surface area contributed by atoms with Crippen LogP contribution >= 0.6 is 11.6 Å². The second-order valence-corrected chi connectivity index (χ2v) is 8.97. The highest BCUT2D eigenvalue weighted by atomic mass is 35.5. The number of ether oxygens (including phenoxy) is 1. The largest absolute Gasteiger partial charge is 0.395 e. The Morgan fingerprint density at radius 3 is 2.57 bits per heavy atom. The first kappa shape index (κ1) is 20.0. The molecule has 2 aromatic carbocycles. The minimum atomic E-state index is 0.0294. The zero-order valence-electron chi connectivity index (χ0n) is 16.9. The van der Waals surface area contributed by atoms with Gasteiger partial charge < -0.3 is 14.7 Å². The number of carbonyl (C=O) groups excluding carboxylic acids is 1. The molecule has 1 N–H and O–H groups in total. The third-order valence-electron chi connectivity index (χ3n) is 6.94. The van der Waals surface area contributed by atoms with Gasteiger partial charge in [0.05, 0.1) is 6.61 Å². The van der Waals surface area contributed by atoms with Gasteiger partial charge in [0.1, 0.15) is 0 Å². The standard InChI is InChI=1S/C24H27ClN2O3/c25-18-7-5-16(6-8-18)13-26-21-14-27(24(29)17-9-11-30-12-10-17)20-4-2-1-3-19(20)23(21)22(26)15-28/h1-8,17,21-23,28H,9-15H2/t21-,22+,23-/m0/s1. The lowest BCUT2D eigenvalue weighted by Crippen LogP contribution is -2.69. The minimum absolute atomic E-state index is 0.0294. The average Bonchev–Trinajstić information content (AvgIpc) is 2.79. The summed E-state index contributed by atoms with van der Waals surface area (Å²) < 4.78 is 5.46. The molecule has 0 aromatic heterocycles.